The van der Waals surface area contributed by atoms with Gasteiger partial charge in [0.25, 0.3) is 0 Å². The van der Waals surface area contributed by atoms with Gasteiger partial charge in [-0.1, -0.05) is 99.5 Å². The highest BCUT2D eigenvalue weighted by Crippen LogP contribution is 2.35. The third-order valence-corrected chi connectivity index (χ3v) is 6.59. The zero-order valence-electron chi connectivity index (χ0n) is 23.9. The minimum Gasteiger partial charge on any atom is -0.492 e. The highest BCUT2D eigenvalue weighted by Gasteiger charge is 2.15. The van der Waals surface area contributed by atoms with Crippen LogP contribution >= 0.6 is 11.6 Å². The Morgan fingerprint density at radius 1 is 0.821 bits per heavy atom. The number of hydrogen-bond donors (Lipinski definition) is 1. The highest BCUT2D eigenvalue weighted by molar-refractivity contribution is 6.18. The van der Waals surface area contributed by atoms with E-state index >= 15 is 0 Å². The van der Waals surface area contributed by atoms with Crippen molar-refractivity contribution in [2.75, 3.05) is 33.1 Å². The molecule has 39 heavy (non-hydrogen) atoms. The van der Waals surface area contributed by atoms with Gasteiger partial charge in [-0.05, 0) is 73.3 Å². The molecule has 4 nitrogen and oxygen atoms in total. The molecule has 3 rings (SSSR count). The number of ether oxygens (including phenoxy) is 1. The molecule has 0 aliphatic rings. The molecule has 0 amide bonds. The molecule has 210 valence electrons. The molecule has 3 aromatic carbocycles. The molecule has 0 fully saturated rings. The molecule has 5 heteroatoms. The lowest BCUT2D eigenvalue weighted by Crippen LogP contribution is -2.19. The summed E-state index contributed by atoms with van der Waals surface area (Å²) in [7, 11) is 4.09. The fraction of sp³-hybridized carbons (Fsp3) is 0.382. The van der Waals surface area contributed by atoms with Gasteiger partial charge in [0.05, 0.1) is 5.92 Å². The number of aliphatic carboxylic acids is 1. The van der Waals surface area contributed by atoms with E-state index in [2.05, 4.69) is 77.7 Å². The second kappa shape index (κ2) is 18.3. The SMILES string of the molecule is CCCC(CCC)C(=O)O.CN(C)CCOc1ccc(/C(=C(\CCCl)c2ccccc2)c2ccccc2)cc1. The van der Waals surface area contributed by atoms with E-state index in [-0.39, 0.29) is 5.92 Å². The van der Waals surface area contributed by atoms with Gasteiger partial charge < -0.3 is 14.7 Å². The van der Waals surface area contributed by atoms with Crippen LogP contribution in [0.3, 0.4) is 0 Å². The van der Waals surface area contributed by atoms with Gasteiger partial charge in [-0.15, -0.1) is 11.6 Å². The van der Waals surface area contributed by atoms with Crippen molar-refractivity contribution < 1.29 is 14.6 Å². The summed E-state index contributed by atoms with van der Waals surface area (Å²) < 4.78 is 5.87. The van der Waals surface area contributed by atoms with Crippen LogP contribution in [0.15, 0.2) is 84.9 Å². The summed E-state index contributed by atoms with van der Waals surface area (Å²) in [5, 5.41) is 8.64. The third-order valence-electron chi connectivity index (χ3n) is 6.40. The molecule has 0 bridgehead atoms. The molecule has 0 radical (unpaired) electrons. The summed E-state index contributed by atoms with van der Waals surface area (Å²) >= 11 is 6.21. The van der Waals surface area contributed by atoms with E-state index in [1.807, 2.05) is 40.1 Å². The van der Waals surface area contributed by atoms with Crippen LogP contribution < -0.4 is 4.74 Å². The van der Waals surface area contributed by atoms with E-state index in [9.17, 15) is 4.79 Å². The normalized spacial score (nSPS) is 11.6. The van der Waals surface area contributed by atoms with Crippen molar-refractivity contribution >= 4 is 28.7 Å². The minimum absolute atomic E-state index is 0.102. The lowest BCUT2D eigenvalue weighted by Gasteiger charge is -2.17. The second-order valence-corrected chi connectivity index (χ2v) is 10.2. The summed E-state index contributed by atoms with van der Waals surface area (Å²) in [6.07, 6.45) is 4.39. The maximum atomic E-state index is 10.5. The van der Waals surface area contributed by atoms with Gasteiger partial charge in [0.1, 0.15) is 12.4 Å². The molecule has 0 spiro atoms. The Bertz CT molecular complexity index is 1110. The number of hydrogen-bond acceptors (Lipinski definition) is 3. The van der Waals surface area contributed by atoms with Crippen LogP contribution in [0.25, 0.3) is 11.1 Å². The molecule has 0 heterocycles. The fourth-order valence-corrected chi connectivity index (χ4v) is 4.61. The van der Waals surface area contributed by atoms with Crippen molar-refractivity contribution in [3.05, 3.63) is 102 Å². The van der Waals surface area contributed by atoms with E-state index in [4.69, 9.17) is 21.4 Å². The van der Waals surface area contributed by atoms with E-state index < -0.39 is 5.97 Å². The molecule has 0 unspecified atom stereocenters. The third kappa shape index (κ3) is 11.3. The van der Waals surface area contributed by atoms with Crippen LogP contribution in [0.1, 0.15) is 62.6 Å². The van der Waals surface area contributed by atoms with E-state index in [1.54, 1.807) is 0 Å². The number of likely N-dealkylation sites (N-methyl/N-ethyl adjacent to an activating group) is 1. The molecule has 0 saturated carbocycles. The van der Waals surface area contributed by atoms with Gasteiger partial charge in [0, 0.05) is 12.4 Å². The van der Waals surface area contributed by atoms with Gasteiger partial charge in [-0.3, -0.25) is 4.79 Å². The second-order valence-electron chi connectivity index (χ2n) is 9.81. The summed E-state index contributed by atoms with van der Waals surface area (Å²) in [5.74, 6) is 0.729. The molecular formula is C34H44ClNO3. The maximum Gasteiger partial charge on any atom is 0.306 e. The number of carboxylic acids is 1. The molecule has 3 aromatic rings. The number of carboxylic acid groups (broad SMARTS) is 1. The standard InChI is InChI=1S/C26H28ClNO.C8H16O2/c1-28(2)19-20-29-24-15-13-23(14-16-24)26(22-11-7-4-8-12-22)25(17-18-27)21-9-5-3-6-10-21;1-3-5-7(6-4-2)8(9)10/h3-16H,17-20H2,1-2H3;7H,3-6H2,1-2H3,(H,9,10)/b26-25+;. The van der Waals surface area contributed by atoms with Gasteiger partial charge in [-0.25, -0.2) is 0 Å². The first kappa shape index (κ1) is 32.1. The summed E-state index contributed by atoms with van der Waals surface area (Å²) in [6, 6.07) is 29.4. The van der Waals surface area contributed by atoms with Crippen LogP contribution in [0, 0.1) is 5.92 Å². The van der Waals surface area contributed by atoms with Crippen LogP contribution in [0.4, 0.5) is 0 Å². The van der Waals surface area contributed by atoms with Gasteiger partial charge in [0.15, 0.2) is 0 Å². The Labute approximate surface area is 240 Å². The maximum absolute atomic E-state index is 10.5. The van der Waals surface area contributed by atoms with Gasteiger partial charge in [-0.2, -0.15) is 0 Å². The Hall–Kier alpha value is -3.08. The smallest absolute Gasteiger partial charge is 0.306 e. The van der Waals surface area contributed by atoms with Crippen molar-refractivity contribution in [3.63, 3.8) is 0 Å². The lowest BCUT2D eigenvalue weighted by molar-refractivity contribution is -0.142. The van der Waals surface area contributed by atoms with Crippen LogP contribution in [0.5, 0.6) is 5.75 Å². The monoisotopic (exact) mass is 549 g/mol. The molecule has 0 aliphatic heterocycles. The fourth-order valence-electron chi connectivity index (χ4n) is 4.42. The average molecular weight is 550 g/mol. The Balaban J connectivity index is 0.000000455. The van der Waals surface area contributed by atoms with Crippen LogP contribution in [-0.4, -0.2) is 49.1 Å². The average Bonchev–Trinajstić information content (AvgIpc) is 2.94. The van der Waals surface area contributed by atoms with Crippen molar-refractivity contribution in [1.29, 1.82) is 0 Å². The van der Waals surface area contributed by atoms with Crippen molar-refractivity contribution in [1.82, 2.24) is 4.90 Å². The number of nitrogens with zero attached hydrogens (tertiary/aromatic N) is 1. The summed E-state index contributed by atoms with van der Waals surface area (Å²) in [5.41, 5.74) is 6.04. The number of carbonyl (C=O) groups is 1. The zero-order valence-corrected chi connectivity index (χ0v) is 24.7. The van der Waals surface area contributed by atoms with Crippen molar-refractivity contribution in [2.45, 2.75) is 46.0 Å². The summed E-state index contributed by atoms with van der Waals surface area (Å²) in [4.78, 5) is 12.6. The quantitative estimate of drug-likeness (QED) is 0.162. The van der Waals surface area contributed by atoms with Crippen LogP contribution in [0.2, 0.25) is 0 Å². The Morgan fingerprint density at radius 2 is 1.33 bits per heavy atom. The largest absolute Gasteiger partial charge is 0.492 e. The number of alkyl halides is 1. The molecule has 1 N–H and O–H groups in total. The summed E-state index contributed by atoms with van der Waals surface area (Å²) in [6.45, 7) is 5.61. The minimum atomic E-state index is -0.635. The van der Waals surface area contributed by atoms with E-state index in [1.165, 1.54) is 27.8 Å². The Kier molecular flexibility index (Phi) is 15.0. The number of allylic oxidation sites excluding steroid dienone is 1. The highest BCUT2D eigenvalue weighted by atomic mass is 35.5. The van der Waals surface area contributed by atoms with Crippen molar-refractivity contribution in [2.24, 2.45) is 5.92 Å². The Morgan fingerprint density at radius 3 is 1.79 bits per heavy atom. The number of rotatable bonds is 14. The molecular weight excluding hydrogens is 506 g/mol. The first-order chi connectivity index (χ1) is 18.9. The molecule has 0 saturated heterocycles. The zero-order chi connectivity index (χ0) is 28.5. The van der Waals surface area contributed by atoms with E-state index in [0.29, 0.717) is 12.5 Å². The molecule has 0 aromatic heterocycles. The predicted octanol–water partition coefficient (Wildman–Crippen LogP) is 8.50. The predicted molar refractivity (Wildman–Crippen MR) is 166 cm³/mol. The van der Waals surface area contributed by atoms with E-state index in [0.717, 1.165) is 44.4 Å². The topological polar surface area (TPSA) is 49.8 Å². The number of halogens is 1. The molecule has 0 aliphatic carbocycles. The first-order valence-corrected chi connectivity index (χ1v) is 14.4. The van der Waals surface area contributed by atoms with Gasteiger partial charge >= 0.3 is 5.97 Å². The van der Waals surface area contributed by atoms with Gasteiger partial charge in [0.2, 0.25) is 0 Å². The number of benzene rings is 3. The molecule has 0 atom stereocenters. The lowest BCUT2D eigenvalue weighted by atomic mass is 9.88. The van der Waals surface area contributed by atoms with Crippen LogP contribution in [-0.2, 0) is 4.79 Å². The van der Waals surface area contributed by atoms with Crippen molar-refractivity contribution in [3.8, 4) is 5.75 Å². The first-order valence-electron chi connectivity index (χ1n) is 13.9.